The second kappa shape index (κ2) is 7.87. The zero-order chi connectivity index (χ0) is 19.6. The van der Waals surface area contributed by atoms with E-state index in [9.17, 15) is 13.2 Å². The number of sulfonamides is 1. The Kier molecular flexibility index (Phi) is 5.72. The number of piperazine rings is 1. The zero-order valence-corrected chi connectivity index (χ0v) is 16.4. The molecule has 1 aliphatic rings. The maximum absolute atomic E-state index is 12.8. The summed E-state index contributed by atoms with van der Waals surface area (Å²) in [4.78, 5) is 14.2. The third-order valence-corrected chi connectivity index (χ3v) is 6.65. The lowest BCUT2D eigenvalue weighted by Gasteiger charge is -2.34. The van der Waals surface area contributed by atoms with Crippen molar-refractivity contribution in [3.63, 3.8) is 0 Å². The van der Waals surface area contributed by atoms with E-state index >= 15 is 0 Å². The molecule has 0 bridgehead atoms. The van der Waals surface area contributed by atoms with Crippen LogP contribution >= 0.6 is 23.2 Å². The van der Waals surface area contributed by atoms with Crippen molar-refractivity contribution < 1.29 is 13.2 Å². The van der Waals surface area contributed by atoms with Gasteiger partial charge in [0, 0.05) is 41.8 Å². The summed E-state index contributed by atoms with van der Waals surface area (Å²) >= 11 is 11.9. The Bertz CT molecular complexity index is 1010. The average Bonchev–Trinajstić information content (AvgIpc) is 2.66. The van der Waals surface area contributed by atoms with Gasteiger partial charge in [-0.1, -0.05) is 35.3 Å². The van der Waals surface area contributed by atoms with Gasteiger partial charge in [0.2, 0.25) is 10.0 Å². The molecule has 1 amide bonds. The largest absolute Gasteiger partial charge is 0.336 e. The van der Waals surface area contributed by atoms with E-state index in [0.29, 0.717) is 15.6 Å². The van der Waals surface area contributed by atoms with Crippen LogP contribution in [0.3, 0.4) is 0 Å². The number of hydrogen-bond acceptors (Lipinski definition) is 4. The molecule has 140 valence electrons. The molecule has 1 aliphatic heterocycles. The number of nitriles is 1. The van der Waals surface area contributed by atoms with Crippen molar-refractivity contribution in [3.05, 3.63) is 63.6 Å². The van der Waals surface area contributed by atoms with E-state index in [1.54, 1.807) is 17.0 Å². The predicted molar refractivity (Wildman–Crippen MR) is 102 cm³/mol. The first-order valence-electron chi connectivity index (χ1n) is 8.07. The maximum atomic E-state index is 12.8. The van der Waals surface area contributed by atoms with E-state index in [0.717, 1.165) is 0 Å². The number of benzene rings is 2. The molecule has 0 saturated carbocycles. The molecule has 1 fully saturated rings. The van der Waals surface area contributed by atoms with Crippen LogP contribution in [0.15, 0.2) is 47.4 Å². The minimum absolute atomic E-state index is 0.0195. The molecule has 6 nitrogen and oxygen atoms in total. The van der Waals surface area contributed by atoms with E-state index in [4.69, 9.17) is 28.5 Å². The van der Waals surface area contributed by atoms with Gasteiger partial charge in [-0.3, -0.25) is 4.79 Å². The van der Waals surface area contributed by atoms with Crippen molar-refractivity contribution in [1.29, 1.82) is 5.26 Å². The summed E-state index contributed by atoms with van der Waals surface area (Å²) in [6, 6.07) is 12.6. The van der Waals surface area contributed by atoms with Crippen molar-refractivity contribution >= 4 is 39.1 Å². The van der Waals surface area contributed by atoms with Gasteiger partial charge in [-0.2, -0.15) is 9.57 Å². The number of carbonyl (C=O) groups excluding carboxylic acids is 1. The van der Waals surface area contributed by atoms with E-state index in [2.05, 4.69) is 0 Å². The second-order valence-corrected chi connectivity index (χ2v) is 8.74. The average molecular weight is 424 g/mol. The normalized spacial score (nSPS) is 15.4. The van der Waals surface area contributed by atoms with Crippen molar-refractivity contribution in [2.75, 3.05) is 26.2 Å². The molecule has 0 unspecified atom stereocenters. The molecule has 2 aromatic carbocycles. The lowest BCUT2D eigenvalue weighted by molar-refractivity contribution is 0.0698. The van der Waals surface area contributed by atoms with Gasteiger partial charge in [0.05, 0.1) is 10.5 Å². The van der Waals surface area contributed by atoms with Gasteiger partial charge in [-0.25, -0.2) is 8.42 Å². The highest BCUT2D eigenvalue weighted by molar-refractivity contribution is 7.89. The van der Waals surface area contributed by atoms with E-state index in [-0.39, 0.29) is 42.5 Å². The highest BCUT2D eigenvalue weighted by atomic mass is 35.5. The van der Waals surface area contributed by atoms with Gasteiger partial charge in [-0.05, 0) is 30.3 Å². The molecule has 1 saturated heterocycles. The van der Waals surface area contributed by atoms with Crippen LogP contribution in [-0.2, 0) is 10.0 Å². The molecule has 0 N–H and O–H groups in total. The van der Waals surface area contributed by atoms with Gasteiger partial charge in [0.25, 0.3) is 5.91 Å². The molecule has 0 atom stereocenters. The Hall–Kier alpha value is -2.11. The molecule has 0 spiro atoms. The molecule has 3 rings (SSSR count). The summed E-state index contributed by atoms with van der Waals surface area (Å²) < 4.78 is 27.0. The van der Waals surface area contributed by atoms with Crippen molar-refractivity contribution in [3.8, 4) is 6.07 Å². The molecular formula is C18H15Cl2N3O3S. The Morgan fingerprint density at radius 1 is 1.00 bits per heavy atom. The fourth-order valence-electron chi connectivity index (χ4n) is 2.91. The second-order valence-electron chi connectivity index (χ2n) is 5.96. The number of nitrogens with zero attached hydrogens (tertiary/aromatic N) is 3. The quantitative estimate of drug-likeness (QED) is 0.759. The SMILES string of the molecule is N#Cc1ccccc1S(=O)(=O)N1CCN(C(=O)c2cc(Cl)cc(Cl)c2)CC1. The minimum Gasteiger partial charge on any atom is -0.336 e. The molecule has 0 aromatic heterocycles. The topological polar surface area (TPSA) is 81.5 Å². The van der Waals surface area contributed by atoms with Crippen molar-refractivity contribution in [2.24, 2.45) is 0 Å². The lowest BCUT2D eigenvalue weighted by Crippen LogP contribution is -2.50. The standard InChI is InChI=1S/C18H15Cl2N3O3S/c19-15-9-14(10-16(20)11-15)18(24)22-5-7-23(8-6-22)27(25,26)17-4-2-1-3-13(17)12-21/h1-4,9-11H,5-8H2. The van der Waals surface area contributed by atoms with Crippen LogP contribution in [0.4, 0.5) is 0 Å². The summed E-state index contributed by atoms with van der Waals surface area (Å²) in [5.74, 6) is -0.256. The summed E-state index contributed by atoms with van der Waals surface area (Å²) in [6.07, 6.45) is 0. The van der Waals surface area contributed by atoms with Crippen LogP contribution in [0.25, 0.3) is 0 Å². The molecule has 2 aromatic rings. The van der Waals surface area contributed by atoms with Crippen molar-refractivity contribution in [1.82, 2.24) is 9.21 Å². The predicted octanol–water partition coefficient (Wildman–Crippen LogP) is 3.01. The van der Waals surface area contributed by atoms with Crippen LogP contribution in [0, 0.1) is 11.3 Å². The molecule has 27 heavy (non-hydrogen) atoms. The third kappa shape index (κ3) is 4.09. The number of halogens is 2. The van der Waals surface area contributed by atoms with Gasteiger partial charge < -0.3 is 4.90 Å². The molecule has 0 aliphatic carbocycles. The maximum Gasteiger partial charge on any atom is 0.254 e. The van der Waals surface area contributed by atoms with Gasteiger partial charge in [0.1, 0.15) is 6.07 Å². The van der Waals surface area contributed by atoms with Crippen molar-refractivity contribution in [2.45, 2.75) is 4.90 Å². The summed E-state index contributed by atoms with van der Waals surface area (Å²) in [7, 11) is -3.80. The monoisotopic (exact) mass is 423 g/mol. The van der Waals surface area contributed by atoms with Gasteiger partial charge in [-0.15, -0.1) is 0 Å². The first kappa shape index (κ1) is 19.6. The number of carbonyl (C=O) groups is 1. The summed E-state index contributed by atoms with van der Waals surface area (Å²) in [6.45, 7) is 0.748. The number of amides is 1. The molecular weight excluding hydrogens is 409 g/mol. The molecule has 9 heteroatoms. The Morgan fingerprint density at radius 3 is 2.19 bits per heavy atom. The van der Waals surface area contributed by atoms with Crippen LogP contribution in [0.5, 0.6) is 0 Å². The van der Waals surface area contributed by atoms with Crippen LogP contribution in [0.1, 0.15) is 15.9 Å². The number of hydrogen-bond donors (Lipinski definition) is 0. The first-order chi connectivity index (χ1) is 12.8. The smallest absolute Gasteiger partial charge is 0.254 e. The van der Waals surface area contributed by atoms with Crippen LogP contribution in [0.2, 0.25) is 10.0 Å². The molecule has 0 radical (unpaired) electrons. The minimum atomic E-state index is -3.80. The fraction of sp³-hybridized carbons (Fsp3) is 0.222. The van der Waals surface area contributed by atoms with Crippen LogP contribution in [-0.4, -0.2) is 49.7 Å². The third-order valence-electron chi connectivity index (χ3n) is 4.26. The van der Waals surface area contributed by atoms with Gasteiger partial charge >= 0.3 is 0 Å². The highest BCUT2D eigenvalue weighted by Crippen LogP contribution is 2.23. The lowest BCUT2D eigenvalue weighted by atomic mass is 10.2. The van der Waals surface area contributed by atoms with E-state index in [1.807, 2.05) is 6.07 Å². The van der Waals surface area contributed by atoms with E-state index in [1.165, 1.54) is 34.6 Å². The number of rotatable bonds is 3. The van der Waals surface area contributed by atoms with Gasteiger partial charge in [0.15, 0.2) is 0 Å². The highest BCUT2D eigenvalue weighted by Gasteiger charge is 2.31. The summed E-state index contributed by atoms with van der Waals surface area (Å²) in [5.41, 5.74) is 0.461. The summed E-state index contributed by atoms with van der Waals surface area (Å²) in [5, 5.41) is 9.88. The Morgan fingerprint density at radius 2 is 1.59 bits per heavy atom. The van der Waals surface area contributed by atoms with E-state index < -0.39 is 10.0 Å². The Balaban J connectivity index is 1.75. The van der Waals surface area contributed by atoms with Crippen LogP contribution < -0.4 is 0 Å². The fourth-order valence-corrected chi connectivity index (χ4v) is 5.00. The zero-order valence-electron chi connectivity index (χ0n) is 14.1. The Labute approximate surface area is 167 Å². The first-order valence-corrected chi connectivity index (χ1v) is 10.3. The molecule has 1 heterocycles.